The second-order valence-electron chi connectivity index (χ2n) is 8.48. The molecule has 0 radical (unpaired) electrons. The van der Waals surface area contributed by atoms with E-state index in [1.807, 2.05) is 6.07 Å². The third-order valence-electron chi connectivity index (χ3n) is 5.77. The number of thioether (sulfide) groups is 1. The van der Waals surface area contributed by atoms with Crippen LogP contribution in [0.1, 0.15) is 42.4 Å². The zero-order valence-electron chi connectivity index (χ0n) is 17.7. The first-order valence-corrected chi connectivity index (χ1v) is 12.6. The van der Waals surface area contributed by atoms with Crippen molar-refractivity contribution in [2.45, 2.75) is 56.8 Å². The Bertz CT molecular complexity index is 1230. The topological polar surface area (TPSA) is 106 Å². The lowest BCUT2D eigenvalue weighted by molar-refractivity contribution is -0.117. The second kappa shape index (κ2) is 8.74. The van der Waals surface area contributed by atoms with Crippen molar-refractivity contribution in [1.82, 2.24) is 20.2 Å². The van der Waals surface area contributed by atoms with Gasteiger partial charge in [-0.15, -0.1) is 11.3 Å². The van der Waals surface area contributed by atoms with Gasteiger partial charge < -0.3 is 9.73 Å². The number of aromatic nitrogens is 2. The summed E-state index contributed by atoms with van der Waals surface area (Å²) in [7, 11) is 0. The summed E-state index contributed by atoms with van der Waals surface area (Å²) in [5, 5.41) is 6.21. The lowest BCUT2D eigenvalue weighted by Crippen LogP contribution is -2.41. The van der Waals surface area contributed by atoms with Gasteiger partial charge in [-0.25, -0.2) is 9.78 Å². The van der Waals surface area contributed by atoms with Crippen LogP contribution in [0.15, 0.2) is 32.8 Å². The lowest BCUT2D eigenvalue weighted by atomic mass is 9.89. The summed E-state index contributed by atoms with van der Waals surface area (Å²) in [5.74, 6) is 0.795. The van der Waals surface area contributed by atoms with Crippen LogP contribution in [0, 0.1) is 5.92 Å². The Morgan fingerprint density at radius 3 is 2.94 bits per heavy atom. The summed E-state index contributed by atoms with van der Waals surface area (Å²) in [6, 6.07) is 3.28. The molecule has 10 heteroatoms. The standard InChI is InChI=1S/C22H24N4O4S2/c1-12-4-7-15-16(9-12)32-19-18(15)20(28)26(10-14-3-2-8-30-14)22(25-19)31-11-17(27)24-21(29)23-13-5-6-13/h2-3,8,12-13H,4-7,9-11H2,1H3,(H2,23,24,27,29). The highest BCUT2D eigenvalue weighted by Crippen LogP contribution is 2.36. The molecule has 3 aromatic heterocycles. The maximum atomic E-state index is 13.6. The number of rotatable bonds is 6. The van der Waals surface area contributed by atoms with E-state index in [4.69, 9.17) is 9.40 Å². The Kier molecular flexibility index (Phi) is 5.81. The van der Waals surface area contributed by atoms with Crippen molar-refractivity contribution in [2.24, 2.45) is 5.92 Å². The normalized spacial score (nSPS) is 17.8. The van der Waals surface area contributed by atoms with E-state index in [1.165, 1.54) is 4.88 Å². The van der Waals surface area contributed by atoms with Gasteiger partial charge in [0.25, 0.3) is 5.56 Å². The number of amides is 3. The van der Waals surface area contributed by atoms with E-state index in [9.17, 15) is 14.4 Å². The van der Waals surface area contributed by atoms with E-state index in [0.29, 0.717) is 22.2 Å². The van der Waals surface area contributed by atoms with Crippen LogP contribution in [-0.2, 0) is 24.2 Å². The number of nitrogens with zero attached hydrogens (tertiary/aromatic N) is 2. The zero-order valence-corrected chi connectivity index (χ0v) is 19.3. The fourth-order valence-electron chi connectivity index (χ4n) is 3.95. The minimum atomic E-state index is -0.477. The molecule has 5 rings (SSSR count). The molecular weight excluding hydrogens is 448 g/mol. The molecule has 0 aliphatic heterocycles. The largest absolute Gasteiger partial charge is 0.467 e. The van der Waals surface area contributed by atoms with E-state index in [1.54, 1.807) is 28.2 Å². The maximum Gasteiger partial charge on any atom is 0.321 e. The molecule has 1 unspecified atom stereocenters. The van der Waals surface area contributed by atoms with Crippen LogP contribution in [0.5, 0.6) is 0 Å². The molecule has 168 valence electrons. The average Bonchev–Trinajstić information content (AvgIpc) is 3.27. The van der Waals surface area contributed by atoms with Crippen molar-refractivity contribution in [3.05, 3.63) is 45.0 Å². The third-order valence-corrected chi connectivity index (χ3v) is 7.90. The predicted octanol–water partition coefficient (Wildman–Crippen LogP) is 3.30. The van der Waals surface area contributed by atoms with Gasteiger partial charge in [-0.05, 0) is 55.7 Å². The van der Waals surface area contributed by atoms with Crippen molar-refractivity contribution in [3.8, 4) is 0 Å². The van der Waals surface area contributed by atoms with E-state index in [2.05, 4.69) is 17.6 Å². The van der Waals surface area contributed by atoms with Crippen LogP contribution in [0.4, 0.5) is 4.79 Å². The number of thiophene rings is 1. The number of urea groups is 1. The van der Waals surface area contributed by atoms with E-state index in [-0.39, 0.29) is 23.9 Å². The number of furan rings is 1. The quantitative estimate of drug-likeness (QED) is 0.421. The van der Waals surface area contributed by atoms with Gasteiger partial charge in [0.15, 0.2) is 5.16 Å². The molecule has 1 saturated carbocycles. The predicted molar refractivity (Wildman–Crippen MR) is 123 cm³/mol. The minimum absolute atomic E-state index is 0.0175. The molecule has 3 aromatic rings. The molecule has 0 saturated heterocycles. The van der Waals surface area contributed by atoms with Crippen LogP contribution in [0.2, 0.25) is 0 Å². The molecule has 2 N–H and O–H groups in total. The number of nitrogens with one attached hydrogen (secondary N) is 2. The Hall–Kier alpha value is -2.59. The fourth-order valence-corrected chi connectivity index (χ4v) is 6.18. The highest BCUT2D eigenvalue weighted by atomic mass is 32.2. The monoisotopic (exact) mass is 472 g/mol. The summed E-state index contributed by atoms with van der Waals surface area (Å²) in [6.45, 7) is 2.47. The third kappa shape index (κ3) is 4.47. The van der Waals surface area contributed by atoms with E-state index in [0.717, 1.165) is 54.3 Å². The molecule has 0 bridgehead atoms. The summed E-state index contributed by atoms with van der Waals surface area (Å²) in [4.78, 5) is 44.4. The van der Waals surface area contributed by atoms with Crippen molar-refractivity contribution in [3.63, 3.8) is 0 Å². The molecule has 0 aromatic carbocycles. The minimum Gasteiger partial charge on any atom is -0.467 e. The van der Waals surface area contributed by atoms with Crippen LogP contribution >= 0.6 is 23.1 Å². The average molecular weight is 473 g/mol. The number of carbonyl (C=O) groups is 2. The second-order valence-corrected chi connectivity index (χ2v) is 10.5. The van der Waals surface area contributed by atoms with Gasteiger partial charge >= 0.3 is 6.03 Å². The fraction of sp³-hybridized carbons (Fsp3) is 0.455. The number of fused-ring (bicyclic) bond motifs is 3. The van der Waals surface area contributed by atoms with Gasteiger partial charge in [0.05, 0.1) is 23.9 Å². The molecule has 3 amide bonds. The number of hydrogen-bond acceptors (Lipinski definition) is 7. The van der Waals surface area contributed by atoms with Crippen LogP contribution < -0.4 is 16.2 Å². The first-order valence-electron chi connectivity index (χ1n) is 10.8. The molecule has 0 spiro atoms. The molecule has 32 heavy (non-hydrogen) atoms. The Labute approximate surface area is 192 Å². The van der Waals surface area contributed by atoms with Gasteiger partial charge in [-0.1, -0.05) is 18.7 Å². The Morgan fingerprint density at radius 1 is 1.34 bits per heavy atom. The Balaban J connectivity index is 1.43. The maximum absolute atomic E-state index is 13.6. The summed E-state index contributed by atoms with van der Waals surface area (Å²) in [5.41, 5.74) is 1.02. The molecule has 3 heterocycles. The number of hydrogen-bond donors (Lipinski definition) is 2. The molecule has 2 aliphatic rings. The van der Waals surface area contributed by atoms with Crippen molar-refractivity contribution in [2.75, 3.05) is 5.75 Å². The Morgan fingerprint density at radius 2 is 2.19 bits per heavy atom. The molecular formula is C22H24N4O4S2. The lowest BCUT2D eigenvalue weighted by Gasteiger charge is -2.17. The van der Waals surface area contributed by atoms with E-state index >= 15 is 0 Å². The van der Waals surface area contributed by atoms with Crippen molar-refractivity contribution >= 4 is 45.3 Å². The van der Waals surface area contributed by atoms with Gasteiger partial charge in [-0.2, -0.15) is 0 Å². The van der Waals surface area contributed by atoms with Gasteiger partial charge in [0.1, 0.15) is 10.6 Å². The van der Waals surface area contributed by atoms with Crippen molar-refractivity contribution in [1.29, 1.82) is 0 Å². The highest BCUT2D eigenvalue weighted by molar-refractivity contribution is 7.99. The molecule has 1 atom stereocenters. The highest BCUT2D eigenvalue weighted by Gasteiger charge is 2.26. The molecule has 8 nitrogen and oxygen atoms in total. The van der Waals surface area contributed by atoms with Gasteiger partial charge in [0, 0.05) is 10.9 Å². The van der Waals surface area contributed by atoms with Crippen LogP contribution in [0.25, 0.3) is 10.2 Å². The molecule has 1 fully saturated rings. The van der Waals surface area contributed by atoms with E-state index < -0.39 is 11.9 Å². The van der Waals surface area contributed by atoms with Gasteiger partial charge in [0.2, 0.25) is 5.91 Å². The number of carbonyl (C=O) groups excluding carboxylic acids is 2. The smallest absolute Gasteiger partial charge is 0.321 e. The van der Waals surface area contributed by atoms with Crippen LogP contribution in [0.3, 0.4) is 0 Å². The number of aryl methyl sites for hydroxylation is 1. The first-order chi connectivity index (χ1) is 15.5. The summed E-state index contributed by atoms with van der Waals surface area (Å²) in [6.07, 6.45) is 6.38. The SMILES string of the molecule is CC1CCc2c(sc3nc(SCC(=O)NC(=O)NC4CC4)n(Cc4ccco4)c(=O)c23)C1. The summed E-state index contributed by atoms with van der Waals surface area (Å²) < 4.78 is 7.04. The van der Waals surface area contributed by atoms with Crippen LogP contribution in [-0.4, -0.2) is 33.3 Å². The van der Waals surface area contributed by atoms with Gasteiger partial charge in [-0.3, -0.25) is 19.5 Å². The summed E-state index contributed by atoms with van der Waals surface area (Å²) >= 11 is 2.74. The number of imide groups is 1. The first kappa shape index (κ1) is 21.3. The molecule has 2 aliphatic carbocycles. The zero-order chi connectivity index (χ0) is 22.2. The van der Waals surface area contributed by atoms with Crippen molar-refractivity contribution < 1.29 is 14.0 Å².